The molecule has 0 aliphatic carbocycles. The average molecular weight is 915 g/mol. The summed E-state index contributed by atoms with van der Waals surface area (Å²) in [6, 6.07) is -0.317. The number of amides is 2. The van der Waals surface area contributed by atoms with E-state index in [-0.39, 0.29) is 30.7 Å². The maximum absolute atomic E-state index is 12.9. The normalized spacial score (nSPS) is 20.6. The van der Waals surface area contributed by atoms with Crippen molar-refractivity contribution in [2.75, 3.05) is 45.0 Å². The van der Waals surface area contributed by atoms with Gasteiger partial charge >= 0.3 is 13.7 Å². The minimum atomic E-state index is -3.16. The largest absolute Gasteiger partial charge is 0.487 e. The minimum Gasteiger partial charge on any atom is -0.487 e. The number of aliphatic hydroxyl groups is 1. The number of unbranched alkanes of at least 4 members (excludes halogenated alkanes) is 2. The molecule has 0 radical (unpaired) electrons. The van der Waals surface area contributed by atoms with Gasteiger partial charge in [-0.05, 0) is 101 Å². The summed E-state index contributed by atoms with van der Waals surface area (Å²) in [4.78, 5) is 27.3. The molecule has 13 heteroatoms. The summed E-state index contributed by atoms with van der Waals surface area (Å²) in [6.07, 6.45) is 17.9. The van der Waals surface area contributed by atoms with Gasteiger partial charge in [-0.3, -0.25) is 9.36 Å². The first-order valence-electron chi connectivity index (χ1n) is 23.6. The molecule has 2 unspecified atom stereocenters. The van der Waals surface area contributed by atoms with E-state index in [9.17, 15) is 19.3 Å². The van der Waals surface area contributed by atoms with Gasteiger partial charge in [0, 0.05) is 50.4 Å². The molecule has 2 heterocycles. The summed E-state index contributed by atoms with van der Waals surface area (Å²) in [5, 5.41) is 13.0. The van der Waals surface area contributed by atoms with Crippen LogP contribution in [0.2, 0.25) is 0 Å². The number of ether oxygens (including phenoxy) is 2. The molecule has 354 valence electrons. The van der Waals surface area contributed by atoms with Gasteiger partial charge < -0.3 is 33.8 Å². The Labute approximate surface area is 380 Å². The van der Waals surface area contributed by atoms with Crippen molar-refractivity contribution in [1.82, 2.24) is 10.2 Å². The number of likely N-dealkylation sites (tertiary alicyclic amines) is 1. The molecule has 6 atom stereocenters. The van der Waals surface area contributed by atoms with Crippen molar-refractivity contribution in [2.24, 2.45) is 17.8 Å². The van der Waals surface area contributed by atoms with Crippen molar-refractivity contribution in [3.63, 3.8) is 0 Å². The highest BCUT2D eigenvalue weighted by atomic mass is 33.1. The molecule has 2 amide bonds. The molecule has 0 aromatic heterocycles. The van der Waals surface area contributed by atoms with Crippen molar-refractivity contribution in [3.8, 4) is 11.5 Å². The van der Waals surface area contributed by atoms with Crippen molar-refractivity contribution < 1.29 is 37.8 Å². The van der Waals surface area contributed by atoms with Gasteiger partial charge in [-0.2, -0.15) is 0 Å². The lowest BCUT2D eigenvalue weighted by molar-refractivity contribution is -0.132. The molecular formula is C48H87N2O8PS2. The molecule has 2 aliphatic heterocycles. The Bertz CT molecular complexity index is 1500. The van der Waals surface area contributed by atoms with Crippen LogP contribution in [0.25, 0.3) is 0 Å². The van der Waals surface area contributed by atoms with Crippen molar-refractivity contribution in [1.29, 1.82) is 0 Å². The SMILES string of the molecule is CCCCC.COP(C)(=O)OC[C@@H]1CC(O)CN1C(=O)CCCSSCCNC(=O)Oc1c(C)c(C)c2c(c1C)CC[C@@](C)(CCC[C@H](C)CCC[C@H](C)CCCC(C)C)O2. The average Bonchev–Trinajstić information content (AvgIpc) is 3.59. The number of β-amino-alcohol motifs (C(OH)–C–C–N with tert-alkyl or cyclic N) is 1. The van der Waals surface area contributed by atoms with Crippen LogP contribution in [0.4, 0.5) is 4.79 Å². The molecule has 2 aliphatic rings. The van der Waals surface area contributed by atoms with E-state index in [2.05, 4.69) is 60.7 Å². The van der Waals surface area contributed by atoms with E-state index in [0.717, 1.165) is 70.8 Å². The number of hydrogen-bond acceptors (Lipinski definition) is 10. The van der Waals surface area contributed by atoms with E-state index >= 15 is 0 Å². The first-order valence-corrected chi connectivity index (χ1v) is 28.1. The summed E-state index contributed by atoms with van der Waals surface area (Å²) in [6.45, 7) is 24.5. The molecule has 0 saturated carbocycles. The molecule has 0 bridgehead atoms. The summed E-state index contributed by atoms with van der Waals surface area (Å²) in [5.41, 5.74) is 3.93. The van der Waals surface area contributed by atoms with Crippen LogP contribution < -0.4 is 14.8 Å². The number of nitrogens with zero attached hydrogens (tertiary/aromatic N) is 1. The van der Waals surface area contributed by atoms with E-state index in [4.69, 9.17) is 18.5 Å². The summed E-state index contributed by atoms with van der Waals surface area (Å²) in [5.74, 6) is 5.42. The van der Waals surface area contributed by atoms with Crippen molar-refractivity contribution in [3.05, 3.63) is 22.3 Å². The number of nitrogens with one attached hydrogen (secondary N) is 1. The zero-order valence-electron chi connectivity index (χ0n) is 40.5. The fourth-order valence-electron chi connectivity index (χ4n) is 8.26. The fraction of sp³-hybridized carbons (Fsp3) is 0.833. The van der Waals surface area contributed by atoms with E-state index in [1.165, 1.54) is 84.4 Å². The van der Waals surface area contributed by atoms with Gasteiger partial charge in [-0.15, -0.1) is 0 Å². The molecule has 1 aromatic rings. The molecule has 1 aromatic carbocycles. The molecule has 1 saturated heterocycles. The fourth-order valence-corrected chi connectivity index (χ4v) is 10.8. The van der Waals surface area contributed by atoms with Crippen LogP contribution in [0.3, 0.4) is 0 Å². The number of benzene rings is 1. The first kappa shape index (κ1) is 55.7. The second-order valence-corrected chi connectivity index (χ2v) is 23.5. The topological polar surface area (TPSA) is 124 Å². The van der Waals surface area contributed by atoms with Gasteiger partial charge in [0.1, 0.15) is 17.1 Å². The predicted octanol–water partition coefficient (Wildman–Crippen LogP) is 13.0. The van der Waals surface area contributed by atoms with Crippen molar-refractivity contribution in [2.45, 2.75) is 196 Å². The van der Waals surface area contributed by atoms with Crippen LogP contribution in [-0.4, -0.2) is 84.7 Å². The zero-order chi connectivity index (χ0) is 45.6. The van der Waals surface area contributed by atoms with Gasteiger partial charge in [0.15, 0.2) is 0 Å². The molecule has 2 N–H and O–H groups in total. The van der Waals surface area contributed by atoms with Crippen LogP contribution in [0, 0.1) is 38.5 Å². The standard InChI is InChI=1S/C43H75N2O8PS2.C5H12/c1-30(2)15-11-16-31(3)17-12-18-32(4)19-13-22-43(8)23-21-38-35(7)40(33(5)34(6)41(38)53-43)52-42(48)44-24-26-56-55-25-14-20-39(47)45-28-37(46)27-36(45)29-51-54(10,49)50-9;1-3-5-4-2/h30-32,36-37,46H,11-29H2,1-10H3,(H,44,48);3-5H2,1-2H3/t31-,32-,36+,37?,43-,54?;/m1./s1. The first-order chi connectivity index (χ1) is 28.9. The maximum atomic E-state index is 12.9. The number of carbonyl (C=O) groups excluding carboxylic acids is 2. The number of hydrogen-bond donors (Lipinski definition) is 2. The quantitative estimate of drug-likeness (QED) is 0.0501. The maximum Gasteiger partial charge on any atom is 0.412 e. The Morgan fingerprint density at radius 2 is 1.54 bits per heavy atom. The van der Waals surface area contributed by atoms with E-state index in [1.54, 1.807) is 26.5 Å². The third-order valence-corrected chi connectivity index (χ3v) is 16.2. The lowest BCUT2D eigenvalue weighted by Gasteiger charge is -2.38. The Morgan fingerprint density at radius 1 is 0.918 bits per heavy atom. The van der Waals surface area contributed by atoms with Crippen molar-refractivity contribution >= 4 is 41.2 Å². The monoisotopic (exact) mass is 915 g/mol. The van der Waals surface area contributed by atoms with Crippen LogP contribution in [0.15, 0.2) is 0 Å². The van der Waals surface area contributed by atoms with Gasteiger partial charge in [0.25, 0.3) is 0 Å². The van der Waals surface area contributed by atoms with E-state index in [0.29, 0.717) is 37.3 Å². The predicted molar refractivity (Wildman–Crippen MR) is 259 cm³/mol. The lowest BCUT2D eigenvalue weighted by Crippen LogP contribution is -2.38. The lowest BCUT2D eigenvalue weighted by atomic mass is 9.83. The van der Waals surface area contributed by atoms with Crippen LogP contribution in [-0.2, 0) is 24.8 Å². The zero-order valence-corrected chi connectivity index (χ0v) is 43.0. The van der Waals surface area contributed by atoms with E-state index < -0.39 is 19.8 Å². The van der Waals surface area contributed by atoms with Crippen LogP contribution in [0.5, 0.6) is 11.5 Å². The summed E-state index contributed by atoms with van der Waals surface area (Å²) < 4.78 is 35.0. The smallest absolute Gasteiger partial charge is 0.412 e. The Kier molecular flexibility index (Phi) is 26.6. The highest BCUT2D eigenvalue weighted by molar-refractivity contribution is 8.76. The number of rotatable bonds is 27. The second kappa shape index (κ2) is 29.2. The minimum absolute atomic E-state index is 0.0454. The van der Waals surface area contributed by atoms with E-state index in [1.807, 2.05) is 13.8 Å². The van der Waals surface area contributed by atoms with Crippen LogP contribution >= 0.6 is 29.2 Å². The number of fused-ring (bicyclic) bond motifs is 1. The summed E-state index contributed by atoms with van der Waals surface area (Å²) in [7, 11) is 1.47. The third-order valence-electron chi connectivity index (χ3n) is 12.4. The third kappa shape index (κ3) is 21.0. The van der Waals surface area contributed by atoms with Crippen LogP contribution in [0.1, 0.15) is 173 Å². The Balaban J connectivity index is 0.00000241. The van der Waals surface area contributed by atoms with Gasteiger partial charge in [0.2, 0.25) is 5.91 Å². The molecule has 3 rings (SSSR count). The molecular weight excluding hydrogens is 828 g/mol. The van der Waals surface area contributed by atoms with Gasteiger partial charge in [-0.1, -0.05) is 127 Å². The highest BCUT2D eigenvalue weighted by Crippen LogP contribution is 2.45. The summed E-state index contributed by atoms with van der Waals surface area (Å²) >= 11 is 0. The Hall–Kier alpha value is -1.43. The second-order valence-electron chi connectivity index (χ2n) is 18.7. The molecule has 61 heavy (non-hydrogen) atoms. The van der Waals surface area contributed by atoms with Gasteiger partial charge in [0.05, 0.1) is 18.8 Å². The number of carbonyl (C=O) groups is 2. The van der Waals surface area contributed by atoms with Gasteiger partial charge in [-0.25, -0.2) is 4.79 Å². The highest BCUT2D eigenvalue weighted by Gasteiger charge is 2.36. The number of aliphatic hydroxyl groups excluding tert-OH is 1. The molecule has 1 fully saturated rings. The Morgan fingerprint density at radius 3 is 2.15 bits per heavy atom. The molecule has 0 spiro atoms. The molecule has 10 nitrogen and oxygen atoms in total.